The number of nitrogens with one attached hydrogen (secondary N) is 1. The van der Waals surface area contributed by atoms with Crippen LogP contribution in [0, 0.1) is 6.92 Å². The molecule has 2 aromatic rings. The summed E-state index contributed by atoms with van der Waals surface area (Å²) < 4.78 is 0. The average molecular weight is 290 g/mol. The second kappa shape index (κ2) is 6.44. The van der Waals surface area contributed by atoms with E-state index in [4.69, 9.17) is 11.6 Å². The normalized spacial score (nSPS) is 10.3. The minimum atomic E-state index is -0.126. The van der Waals surface area contributed by atoms with Crippen molar-refractivity contribution >= 4 is 23.2 Å². The van der Waals surface area contributed by atoms with Crippen molar-refractivity contribution in [2.45, 2.75) is 19.8 Å². The fraction of sp³-hybridized carbons (Fsp3) is 0.188. The lowest BCUT2D eigenvalue weighted by Crippen LogP contribution is -2.12. The first-order chi connectivity index (χ1) is 9.54. The molecule has 0 unspecified atom stereocenters. The Bertz CT molecular complexity index is 608. The molecule has 0 bridgehead atoms. The molecular weight excluding hydrogens is 274 g/mol. The third kappa shape index (κ3) is 4.00. The fourth-order valence-electron chi connectivity index (χ4n) is 1.87. The van der Waals surface area contributed by atoms with Crippen molar-refractivity contribution in [3.05, 3.63) is 58.6 Å². The first kappa shape index (κ1) is 14.4. The van der Waals surface area contributed by atoms with Gasteiger partial charge in [0.25, 0.3) is 0 Å². The van der Waals surface area contributed by atoms with E-state index in [0.717, 1.165) is 11.1 Å². The van der Waals surface area contributed by atoms with Crippen LogP contribution in [0.5, 0.6) is 5.75 Å². The summed E-state index contributed by atoms with van der Waals surface area (Å²) in [6, 6.07) is 12.6. The van der Waals surface area contributed by atoms with Crippen LogP contribution in [0.2, 0.25) is 5.02 Å². The molecular formula is C16H16ClNO2. The molecule has 0 fully saturated rings. The van der Waals surface area contributed by atoms with E-state index in [9.17, 15) is 9.90 Å². The maximum Gasteiger partial charge on any atom is 0.224 e. The van der Waals surface area contributed by atoms with Gasteiger partial charge in [-0.2, -0.15) is 0 Å². The zero-order valence-corrected chi connectivity index (χ0v) is 11.9. The summed E-state index contributed by atoms with van der Waals surface area (Å²) in [5.41, 5.74) is 2.44. The number of aromatic hydroxyl groups is 1. The van der Waals surface area contributed by atoms with Crippen LogP contribution in [0.1, 0.15) is 17.5 Å². The summed E-state index contributed by atoms with van der Waals surface area (Å²) in [5, 5.41) is 13.1. The van der Waals surface area contributed by atoms with Gasteiger partial charge in [-0.3, -0.25) is 4.79 Å². The van der Waals surface area contributed by atoms with Gasteiger partial charge < -0.3 is 10.4 Å². The Balaban J connectivity index is 1.90. The van der Waals surface area contributed by atoms with Crippen LogP contribution in [-0.4, -0.2) is 11.0 Å². The molecule has 0 aliphatic rings. The van der Waals surface area contributed by atoms with Gasteiger partial charge in [-0.15, -0.1) is 0 Å². The maximum absolute atomic E-state index is 11.8. The van der Waals surface area contributed by atoms with Crippen molar-refractivity contribution in [3.63, 3.8) is 0 Å². The van der Waals surface area contributed by atoms with Gasteiger partial charge in [0.05, 0.1) is 5.69 Å². The number of halogens is 1. The van der Waals surface area contributed by atoms with Gasteiger partial charge in [0.1, 0.15) is 5.75 Å². The first-order valence-corrected chi connectivity index (χ1v) is 6.76. The molecule has 104 valence electrons. The first-order valence-electron chi connectivity index (χ1n) is 6.38. The van der Waals surface area contributed by atoms with E-state index in [0.29, 0.717) is 23.6 Å². The zero-order valence-electron chi connectivity index (χ0n) is 11.2. The lowest BCUT2D eigenvalue weighted by atomic mass is 10.1. The quantitative estimate of drug-likeness (QED) is 0.838. The van der Waals surface area contributed by atoms with Gasteiger partial charge in [0, 0.05) is 11.4 Å². The number of amides is 1. The second-order valence-electron chi connectivity index (χ2n) is 4.70. The van der Waals surface area contributed by atoms with Crippen molar-refractivity contribution in [2.75, 3.05) is 5.32 Å². The average Bonchev–Trinajstić information content (AvgIpc) is 2.41. The standard InChI is InChI=1S/C16H16ClNO2/c1-11-2-8-14(15(19)10-11)18-16(20)9-5-12-3-6-13(17)7-4-12/h2-4,6-8,10,19H,5,9H2,1H3,(H,18,20). The largest absolute Gasteiger partial charge is 0.506 e. The predicted octanol–water partition coefficient (Wildman–Crippen LogP) is 3.93. The number of carbonyl (C=O) groups is 1. The van der Waals surface area contributed by atoms with E-state index in [1.165, 1.54) is 0 Å². The van der Waals surface area contributed by atoms with Gasteiger partial charge >= 0.3 is 0 Å². The van der Waals surface area contributed by atoms with Crippen LogP contribution in [0.15, 0.2) is 42.5 Å². The van der Waals surface area contributed by atoms with E-state index in [1.807, 2.05) is 25.1 Å². The third-order valence-corrected chi connectivity index (χ3v) is 3.23. The molecule has 2 aromatic carbocycles. The lowest BCUT2D eigenvalue weighted by molar-refractivity contribution is -0.116. The SMILES string of the molecule is Cc1ccc(NC(=O)CCc2ccc(Cl)cc2)c(O)c1. The summed E-state index contributed by atoms with van der Waals surface area (Å²) in [4.78, 5) is 11.8. The van der Waals surface area contributed by atoms with Crippen LogP contribution >= 0.6 is 11.6 Å². The molecule has 1 amide bonds. The van der Waals surface area contributed by atoms with Crippen molar-refractivity contribution in [3.8, 4) is 5.75 Å². The highest BCUT2D eigenvalue weighted by molar-refractivity contribution is 6.30. The van der Waals surface area contributed by atoms with Crippen LogP contribution in [0.4, 0.5) is 5.69 Å². The fourth-order valence-corrected chi connectivity index (χ4v) is 2.00. The predicted molar refractivity (Wildman–Crippen MR) is 81.2 cm³/mol. The molecule has 0 aliphatic heterocycles. The number of hydrogen-bond acceptors (Lipinski definition) is 2. The Hall–Kier alpha value is -2.00. The molecule has 0 heterocycles. The summed E-state index contributed by atoms with van der Waals surface area (Å²) in [5.74, 6) is -0.0380. The number of carbonyl (C=O) groups excluding carboxylic acids is 1. The highest BCUT2D eigenvalue weighted by Gasteiger charge is 2.06. The van der Waals surface area contributed by atoms with Crippen LogP contribution in [-0.2, 0) is 11.2 Å². The Kier molecular flexibility index (Phi) is 4.64. The van der Waals surface area contributed by atoms with Crippen LogP contribution < -0.4 is 5.32 Å². The number of phenolic OH excluding ortho intramolecular Hbond substituents is 1. The van der Waals surface area contributed by atoms with E-state index in [1.54, 1.807) is 24.3 Å². The number of aryl methyl sites for hydroxylation is 2. The van der Waals surface area contributed by atoms with Gasteiger partial charge in [0.2, 0.25) is 5.91 Å². The van der Waals surface area contributed by atoms with E-state index >= 15 is 0 Å². The molecule has 0 aromatic heterocycles. The van der Waals surface area contributed by atoms with Crippen LogP contribution in [0.3, 0.4) is 0 Å². The topological polar surface area (TPSA) is 49.3 Å². The molecule has 3 nitrogen and oxygen atoms in total. The van der Waals surface area contributed by atoms with Gasteiger partial charge in [-0.05, 0) is 48.7 Å². The Morgan fingerprint density at radius 3 is 2.55 bits per heavy atom. The molecule has 0 spiro atoms. The van der Waals surface area contributed by atoms with Crippen molar-refractivity contribution in [1.82, 2.24) is 0 Å². The minimum absolute atomic E-state index is 0.0878. The monoisotopic (exact) mass is 289 g/mol. The summed E-state index contributed by atoms with van der Waals surface area (Å²) in [7, 11) is 0. The number of rotatable bonds is 4. The van der Waals surface area contributed by atoms with Crippen molar-refractivity contribution < 1.29 is 9.90 Å². The van der Waals surface area contributed by atoms with Crippen molar-refractivity contribution in [1.29, 1.82) is 0 Å². The highest BCUT2D eigenvalue weighted by atomic mass is 35.5. The molecule has 0 atom stereocenters. The molecule has 0 saturated carbocycles. The van der Waals surface area contributed by atoms with Gasteiger partial charge in [-0.25, -0.2) is 0 Å². The molecule has 2 rings (SSSR count). The maximum atomic E-state index is 11.8. The number of hydrogen-bond donors (Lipinski definition) is 2. The van der Waals surface area contributed by atoms with E-state index in [-0.39, 0.29) is 11.7 Å². The summed E-state index contributed by atoms with van der Waals surface area (Å²) in [6.45, 7) is 1.88. The molecule has 4 heteroatoms. The summed E-state index contributed by atoms with van der Waals surface area (Å²) in [6.07, 6.45) is 0.991. The number of phenols is 1. The van der Waals surface area contributed by atoms with Crippen LogP contribution in [0.25, 0.3) is 0 Å². The Morgan fingerprint density at radius 2 is 1.90 bits per heavy atom. The Labute approximate surface area is 123 Å². The second-order valence-corrected chi connectivity index (χ2v) is 5.13. The molecule has 0 radical (unpaired) electrons. The minimum Gasteiger partial charge on any atom is -0.506 e. The summed E-state index contributed by atoms with van der Waals surface area (Å²) >= 11 is 5.80. The highest BCUT2D eigenvalue weighted by Crippen LogP contribution is 2.24. The van der Waals surface area contributed by atoms with E-state index in [2.05, 4.69) is 5.32 Å². The molecule has 0 saturated heterocycles. The van der Waals surface area contributed by atoms with Gasteiger partial charge in [0.15, 0.2) is 0 Å². The molecule has 2 N–H and O–H groups in total. The van der Waals surface area contributed by atoms with Gasteiger partial charge in [-0.1, -0.05) is 29.8 Å². The Morgan fingerprint density at radius 1 is 1.20 bits per heavy atom. The number of benzene rings is 2. The zero-order chi connectivity index (χ0) is 14.5. The molecule has 0 aliphatic carbocycles. The third-order valence-electron chi connectivity index (χ3n) is 2.98. The lowest BCUT2D eigenvalue weighted by Gasteiger charge is -2.08. The molecule has 20 heavy (non-hydrogen) atoms. The smallest absolute Gasteiger partial charge is 0.224 e. The number of anilines is 1. The van der Waals surface area contributed by atoms with Crippen molar-refractivity contribution in [2.24, 2.45) is 0 Å². The van der Waals surface area contributed by atoms with E-state index < -0.39 is 0 Å².